The molecule has 8 heteroatoms. The van der Waals surface area contributed by atoms with Crippen LogP contribution < -0.4 is 5.32 Å². The van der Waals surface area contributed by atoms with E-state index in [9.17, 15) is 14.4 Å². The minimum absolute atomic E-state index is 0.0614. The molecule has 1 aliphatic heterocycles. The maximum atomic E-state index is 13.2. The summed E-state index contributed by atoms with van der Waals surface area (Å²) >= 11 is 0. The maximum Gasteiger partial charge on any atom is 0.359 e. The molecule has 1 N–H and O–H groups in total. The number of nitrogens with one attached hydrogen (secondary N) is 1. The predicted molar refractivity (Wildman–Crippen MR) is 106 cm³/mol. The molecule has 1 atom stereocenters. The van der Waals surface area contributed by atoms with Crippen LogP contribution in [0, 0.1) is 6.92 Å². The molecule has 3 rings (SSSR count). The van der Waals surface area contributed by atoms with Crippen LogP contribution in [0.25, 0.3) is 0 Å². The topological polar surface area (TPSA) is 93.5 Å². The molecule has 0 saturated heterocycles. The van der Waals surface area contributed by atoms with Crippen molar-refractivity contribution in [1.29, 1.82) is 0 Å². The molecule has 8 nitrogen and oxygen atoms in total. The van der Waals surface area contributed by atoms with E-state index in [1.807, 2.05) is 31.2 Å². The molecule has 0 fully saturated rings. The Balaban J connectivity index is 1.89. The number of amides is 2. The van der Waals surface area contributed by atoms with Gasteiger partial charge in [0.1, 0.15) is 11.2 Å². The SMILES string of the molecule is C=CCN1C(=O)c2c(C(=O)OC)ncn2C[C@]1(C)C(=O)NCc1ccc(C)cc1. The molecule has 2 aromatic rings. The average Bonchev–Trinajstić information content (AvgIpc) is 3.13. The van der Waals surface area contributed by atoms with Crippen LogP contribution in [0.3, 0.4) is 0 Å². The second kappa shape index (κ2) is 7.90. The van der Waals surface area contributed by atoms with Crippen molar-refractivity contribution in [2.75, 3.05) is 13.7 Å². The first-order valence-corrected chi connectivity index (χ1v) is 9.22. The van der Waals surface area contributed by atoms with Crippen molar-refractivity contribution in [2.24, 2.45) is 0 Å². The number of nitrogens with zero attached hydrogens (tertiary/aromatic N) is 3. The van der Waals surface area contributed by atoms with Gasteiger partial charge in [-0.15, -0.1) is 6.58 Å². The number of benzene rings is 1. The van der Waals surface area contributed by atoms with E-state index in [1.165, 1.54) is 22.9 Å². The van der Waals surface area contributed by atoms with Crippen LogP contribution in [0.5, 0.6) is 0 Å². The third kappa shape index (κ3) is 3.65. The highest BCUT2D eigenvalue weighted by Crippen LogP contribution is 2.29. The van der Waals surface area contributed by atoms with E-state index in [2.05, 4.69) is 16.9 Å². The lowest BCUT2D eigenvalue weighted by atomic mass is 9.94. The first-order valence-electron chi connectivity index (χ1n) is 9.22. The summed E-state index contributed by atoms with van der Waals surface area (Å²) in [4.78, 5) is 43.7. The van der Waals surface area contributed by atoms with Gasteiger partial charge in [0, 0.05) is 13.1 Å². The predicted octanol–water partition coefficient (Wildman–Crippen LogP) is 1.70. The number of ether oxygens (including phenoxy) is 1. The number of rotatable bonds is 6. The van der Waals surface area contributed by atoms with Crippen molar-refractivity contribution >= 4 is 17.8 Å². The minimum atomic E-state index is -1.17. The molecular formula is C21H24N4O4. The fourth-order valence-electron chi connectivity index (χ4n) is 3.43. The fourth-order valence-corrected chi connectivity index (χ4v) is 3.43. The summed E-state index contributed by atoms with van der Waals surface area (Å²) in [5.41, 5.74) is 0.977. The lowest BCUT2D eigenvalue weighted by molar-refractivity contribution is -0.132. The highest BCUT2D eigenvalue weighted by molar-refractivity contribution is 6.06. The summed E-state index contributed by atoms with van der Waals surface area (Å²) in [5, 5.41) is 2.92. The van der Waals surface area contributed by atoms with E-state index in [1.54, 1.807) is 13.0 Å². The van der Waals surface area contributed by atoms with Crippen molar-refractivity contribution in [3.63, 3.8) is 0 Å². The molecule has 2 heterocycles. The molecule has 0 saturated carbocycles. The van der Waals surface area contributed by atoms with Gasteiger partial charge in [-0.3, -0.25) is 9.59 Å². The number of methoxy groups -OCH3 is 1. The van der Waals surface area contributed by atoms with Crippen LogP contribution in [-0.4, -0.2) is 51.4 Å². The Hall–Kier alpha value is -3.42. The van der Waals surface area contributed by atoms with Gasteiger partial charge >= 0.3 is 5.97 Å². The van der Waals surface area contributed by atoms with Gasteiger partial charge in [-0.2, -0.15) is 0 Å². The van der Waals surface area contributed by atoms with Crippen LogP contribution in [0.4, 0.5) is 0 Å². The largest absolute Gasteiger partial charge is 0.464 e. The molecule has 1 aromatic heterocycles. The first kappa shape index (κ1) is 20.3. The van der Waals surface area contributed by atoms with Gasteiger partial charge in [0.15, 0.2) is 5.69 Å². The molecule has 2 amide bonds. The number of fused-ring (bicyclic) bond motifs is 1. The molecule has 1 aromatic carbocycles. The summed E-state index contributed by atoms with van der Waals surface area (Å²) in [6, 6.07) is 7.84. The van der Waals surface area contributed by atoms with Crippen molar-refractivity contribution in [3.8, 4) is 0 Å². The smallest absolute Gasteiger partial charge is 0.359 e. The van der Waals surface area contributed by atoms with Gasteiger partial charge in [-0.05, 0) is 19.4 Å². The van der Waals surface area contributed by atoms with Gasteiger partial charge in [-0.1, -0.05) is 35.9 Å². The Morgan fingerprint density at radius 2 is 2.03 bits per heavy atom. The third-order valence-corrected chi connectivity index (χ3v) is 5.11. The molecule has 0 aliphatic carbocycles. The maximum absolute atomic E-state index is 13.2. The normalized spacial score (nSPS) is 18.2. The van der Waals surface area contributed by atoms with E-state index < -0.39 is 17.4 Å². The summed E-state index contributed by atoms with van der Waals surface area (Å²) in [6.45, 7) is 8.04. The van der Waals surface area contributed by atoms with Crippen LogP contribution in [-0.2, 0) is 22.6 Å². The second-order valence-corrected chi connectivity index (χ2v) is 7.21. The van der Waals surface area contributed by atoms with E-state index in [0.29, 0.717) is 6.54 Å². The van der Waals surface area contributed by atoms with Crippen LogP contribution in [0.15, 0.2) is 43.2 Å². The van der Waals surface area contributed by atoms with Crippen molar-refractivity contribution in [1.82, 2.24) is 19.8 Å². The first-order chi connectivity index (χ1) is 13.8. The fraction of sp³-hybridized carbons (Fsp3) is 0.333. The Labute approximate surface area is 169 Å². The van der Waals surface area contributed by atoms with Gasteiger partial charge in [0.2, 0.25) is 5.91 Å². The molecule has 1 aliphatic rings. The molecule has 0 unspecified atom stereocenters. The van der Waals surface area contributed by atoms with Crippen LogP contribution >= 0.6 is 0 Å². The van der Waals surface area contributed by atoms with E-state index >= 15 is 0 Å². The molecule has 152 valence electrons. The number of aryl methyl sites for hydroxylation is 1. The quantitative estimate of drug-likeness (QED) is 0.593. The Bertz CT molecular complexity index is 964. The second-order valence-electron chi connectivity index (χ2n) is 7.21. The Morgan fingerprint density at radius 1 is 1.34 bits per heavy atom. The summed E-state index contributed by atoms with van der Waals surface area (Å²) < 4.78 is 6.24. The molecular weight excluding hydrogens is 372 g/mol. The zero-order chi connectivity index (χ0) is 21.2. The van der Waals surface area contributed by atoms with Gasteiger partial charge in [0.05, 0.1) is 20.0 Å². The number of hydrogen-bond acceptors (Lipinski definition) is 5. The van der Waals surface area contributed by atoms with Gasteiger partial charge in [-0.25, -0.2) is 9.78 Å². The average molecular weight is 396 g/mol. The molecule has 0 radical (unpaired) electrons. The minimum Gasteiger partial charge on any atom is -0.464 e. The highest BCUT2D eigenvalue weighted by atomic mass is 16.5. The number of carbonyl (C=O) groups is 3. The van der Waals surface area contributed by atoms with Crippen molar-refractivity contribution in [2.45, 2.75) is 32.5 Å². The number of imidazole rings is 1. The van der Waals surface area contributed by atoms with E-state index in [4.69, 9.17) is 4.74 Å². The van der Waals surface area contributed by atoms with Crippen molar-refractivity contribution in [3.05, 3.63) is 65.8 Å². The van der Waals surface area contributed by atoms with Crippen LogP contribution in [0.1, 0.15) is 39.0 Å². The number of esters is 1. The van der Waals surface area contributed by atoms with Gasteiger partial charge < -0.3 is 19.5 Å². The standard InChI is InChI=1S/C21H24N4O4/c1-5-10-25-18(26)17-16(19(27)29-4)23-13-24(17)12-21(25,3)20(28)22-11-15-8-6-14(2)7-9-15/h5-9,13H,1,10-12H2,2-4H3,(H,22,28)/t21-/m1/s1. The van der Waals surface area contributed by atoms with E-state index in [-0.39, 0.29) is 30.4 Å². The van der Waals surface area contributed by atoms with Gasteiger partial charge in [0.25, 0.3) is 5.91 Å². The Morgan fingerprint density at radius 3 is 2.66 bits per heavy atom. The van der Waals surface area contributed by atoms with E-state index in [0.717, 1.165) is 11.1 Å². The lowest BCUT2D eigenvalue weighted by Crippen LogP contribution is -2.64. The third-order valence-electron chi connectivity index (χ3n) is 5.11. The zero-order valence-corrected chi connectivity index (χ0v) is 16.8. The molecule has 0 spiro atoms. The summed E-state index contributed by atoms with van der Waals surface area (Å²) in [7, 11) is 1.23. The highest BCUT2D eigenvalue weighted by Gasteiger charge is 2.48. The summed E-state index contributed by atoms with van der Waals surface area (Å²) in [5.74, 6) is -1.47. The van der Waals surface area contributed by atoms with Crippen molar-refractivity contribution < 1.29 is 19.1 Å². The number of carbonyl (C=O) groups excluding carboxylic acids is 3. The Kier molecular flexibility index (Phi) is 5.54. The number of hydrogen-bond donors (Lipinski definition) is 1. The monoisotopic (exact) mass is 396 g/mol. The molecule has 0 bridgehead atoms. The summed E-state index contributed by atoms with van der Waals surface area (Å²) in [6.07, 6.45) is 2.93. The lowest BCUT2D eigenvalue weighted by Gasteiger charge is -2.43. The number of aromatic nitrogens is 2. The van der Waals surface area contributed by atoms with Crippen LogP contribution in [0.2, 0.25) is 0 Å². The molecule has 29 heavy (non-hydrogen) atoms. The zero-order valence-electron chi connectivity index (χ0n) is 16.8.